The maximum Gasteiger partial charge on any atom is 0.0956 e. The molecule has 2 aliphatic rings. The Balaban J connectivity index is 1.89. The molecule has 0 amide bonds. The van der Waals surface area contributed by atoms with Crippen LogP contribution < -0.4 is 0 Å². The summed E-state index contributed by atoms with van der Waals surface area (Å²) in [7, 11) is 0. The molecule has 0 unspecified atom stereocenters. The Morgan fingerprint density at radius 3 is 3.00 bits per heavy atom. The van der Waals surface area contributed by atoms with E-state index >= 15 is 0 Å². The summed E-state index contributed by atoms with van der Waals surface area (Å²) in [4.78, 5) is 4.23. The molecule has 0 aliphatic carbocycles. The van der Waals surface area contributed by atoms with Gasteiger partial charge in [0.05, 0.1) is 43.6 Å². The summed E-state index contributed by atoms with van der Waals surface area (Å²) in [5.74, 6) is 0.113. The summed E-state index contributed by atoms with van der Waals surface area (Å²) in [5, 5.41) is 10.1. The molecule has 0 saturated carbocycles. The molecule has 3 heterocycles. The fourth-order valence-corrected chi connectivity index (χ4v) is 3.17. The molecule has 0 spiro atoms. The molecule has 1 aromatic carbocycles. The SMILES string of the molecule is O[C@@H]1COC[C@H]1[C@@H]1c2ccccc2-c2cncn21. The topological polar surface area (TPSA) is 47.3 Å². The van der Waals surface area contributed by atoms with Crippen molar-refractivity contribution in [3.63, 3.8) is 0 Å². The van der Waals surface area contributed by atoms with Crippen molar-refractivity contribution in [2.75, 3.05) is 13.2 Å². The van der Waals surface area contributed by atoms with Gasteiger partial charge in [-0.25, -0.2) is 4.98 Å². The van der Waals surface area contributed by atoms with E-state index in [-0.39, 0.29) is 12.0 Å². The third kappa shape index (κ3) is 1.24. The van der Waals surface area contributed by atoms with Gasteiger partial charge in [0.2, 0.25) is 0 Å². The van der Waals surface area contributed by atoms with Gasteiger partial charge in [0.25, 0.3) is 0 Å². The van der Waals surface area contributed by atoms with Gasteiger partial charge < -0.3 is 14.4 Å². The Bertz CT molecular complexity index is 593. The van der Waals surface area contributed by atoms with Crippen molar-refractivity contribution < 1.29 is 9.84 Å². The zero-order chi connectivity index (χ0) is 12.1. The molecule has 4 nitrogen and oxygen atoms in total. The Kier molecular flexibility index (Phi) is 2.10. The average molecular weight is 242 g/mol. The molecule has 1 N–H and O–H groups in total. The van der Waals surface area contributed by atoms with E-state index in [2.05, 4.69) is 21.7 Å². The minimum Gasteiger partial charge on any atom is -0.390 e. The summed E-state index contributed by atoms with van der Waals surface area (Å²) in [6.45, 7) is 1.05. The van der Waals surface area contributed by atoms with E-state index < -0.39 is 6.10 Å². The predicted octanol–water partition coefficient (Wildman–Crippen LogP) is 1.46. The Morgan fingerprint density at radius 2 is 2.17 bits per heavy atom. The summed E-state index contributed by atoms with van der Waals surface area (Å²) in [6, 6.07) is 8.49. The van der Waals surface area contributed by atoms with Crippen molar-refractivity contribution in [3.8, 4) is 11.3 Å². The van der Waals surface area contributed by atoms with Crippen molar-refractivity contribution in [2.45, 2.75) is 12.1 Å². The van der Waals surface area contributed by atoms with Gasteiger partial charge >= 0.3 is 0 Å². The van der Waals surface area contributed by atoms with E-state index in [1.165, 1.54) is 11.1 Å². The van der Waals surface area contributed by atoms with Gasteiger partial charge in [0, 0.05) is 11.5 Å². The molecule has 2 aliphatic heterocycles. The maximum absolute atomic E-state index is 10.1. The number of aliphatic hydroxyl groups excluding tert-OH is 1. The van der Waals surface area contributed by atoms with Gasteiger partial charge in [-0.05, 0) is 5.56 Å². The van der Waals surface area contributed by atoms with Crippen LogP contribution in [0, 0.1) is 5.92 Å². The molecule has 3 atom stereocenters. The van der Waals surface area contributed by atoms with Gasteiger partial charge in [0.15, 0.2) is 0 Å². The predicted molar refractivity (Wildman–Crippen MR) is 66.1 cm³/mol. The number of fused-ring (bicyclic) bond motifs is 3. The van der Waals surface area contributed by atoms with E-state index in [0.29, 0.717) is 13.2 Å². The largest absolute Gasteiger partial charge is 0.390 e. The van der Waals surface area contributed by atoms with Crippen LogP contribution in [0.2, 0.25) is 0 Å². The molecular formula is C14H14N2O2. The quantitative estimate of drug-likeness (QED) is 0.823. The van der Waals surface area contributed by atoms with Crippen molar-refractivity contribution in [3.05, 3.63) is 42.4 Å². The molecule has 2 aromatic rings. The van der Waals surface area contributed by atoms with Crippen molar-refractivity contribution >= 4 is 0 Å². The molecular weight excluding hydrogens is 228 g/mol. The molecule has 4 rings (SSSR count). The van der Waals surface area contributed by atoms with Crippen LogP contribution in [0.15, 0.2) is 36.8 Å². The number of imidazole rings is 1. The lowest BCUT2D eigenvalue weighted by Gasteiger charge is -2.23. The molecule has 4 heteroatoms. The van der Waals surface area contributed by atoms with Crippen molar-refractivity contribution in [1.82, 2.24) is 9.55 Å². The Hall–Kier alpha value is -1.65. The minimum absolute atomic E-state index is 0.113. The number of aromatic nitrogens is 2. The smallest absolute Gasteiger partial charge is 0.0956 e. The fourth-order valence-electron chi connectivity index (χ4n) is 3.17. The molecule has 1 fully saturated rings. The second-order valence-corrected chi connectivity index (χ2v) is 4.99. The van der Waals surface area contributed by atoms with Gasteiger partial charge in [-0.2, -0.15) is 0 Å². The number of rotatable bonds is 1. The van der Waals surface area contributed by atoms with E-state index in [0.717, 1.165) is 5.69 Å². The normalized spacial score (nSPS) is 29.3. The molecule has 18 heavy (non-hydrogen) atoms. The first kappa shape index (κ1) is 10.3. The third-order valence-corrected chi connectivity index (χ3v) is 4.02. The lowest BCUT2D eigenvalue weighted by atomic mass is 9.90. The standard InChI is InChI=1S/C14H14N2O2/c17-13-7-18-6-11(13)14-10-4-2-1-3-9(10)12-5-15-8-16(12)14/h1-5,8,11,13-14,17H,6-7H2/t11-,13-,14+/m1/s1. The first-order chi connectivity index (χ1) is 8.86. The first-order valence-electron chi connectivity index (χ1n) is 6.23. The molecule has 0 bridgehead atoms. The first-order valence-corrected chi connectivity index (χ1v) is 6.23. The minimum atomic E-state index is -0.392. The highest BCUT2D eigenvalue weighted by molar-refractivity contribution is 5.69. The zero-order valence-electron chi connectivity index (χ0n) is 9.86. The molecule has 1 saturated heterocycles. The zero-order valence-corrected chi connectivity index (χ0v) is 9.86. The monoisotopic (exact) mass is 242 g/mol. The number of benzene rings is 1. The second kappa shape index (κ2) is 3.67. The van der Waals surface area contributed by atoms with Gasteiger partial charge in [-0.3, -0.25) is 0 Å². The summed E-state index contributed by atoms with van der Waals surface area (Å²) in [5.41, 5.74) is 3.62. The summed E-state index contributed by atoms with van der Waals surface area (Å²) in [6.07, 6.45) is 3.35. The maximum atomic E-state index is 10.1. The van der Waals surface area contributed by atoms with Crippen LogP contribution in [0.25, 0.3) is 11.3 Å². The number of hydrogen-bond donors (Lipinski definition) is 1. The Labute approximate surface area is 105 Å². The van der Waals surface area contributed by atoms with Crippen LogP contribution in [0.5, 0.6) is 0 Å². The van der Waals surface area contributed by atoms with Gasteiger partial charge in [0.1, 0.15) is 0 Å². The highest BCUT2D eigenvalue weighted by atomic mass is 16.5. The van der Waals surface area contributed by atoms with Crippen LogP contribution in [0.3, 0.4) is 0 Å². The summed E-state index contributed by atoms with van der Waals surface area (Å²) < 4.78 is 7.56. The number of aliphatic hydroxyl groups is 1. The van der Waals surface area contributed by atoms with Crippen molar-refractivity contribution in [2.24, 2.45) is 5.92 Å². The molecule has 0 radical (unpaired) electrons. The third-order valence-electron chi connectivity index (χ3n) is 4.02. The van der Waals surface area contributed by atoms with E-state index in [9.17, 15) is 5.11 Å². The number of hydrogen-bond acceptors (Lipinski definition) is 3. The van der Waals surface area contributed by atoms with Crippen LogP contribution in [0.4, 0.5) is 0 Å². The Morgan fingerprint density at radius 1 is 1.28 bits per heavy atom. The lowest BCUT2D eigenvalue weighted by molar-refractivity contribution is 0.111. The number of nitrogens with zero attached hydrogens (tertiary/aromatic N) is 2. The fraction of sp³-hybridized carbons (Fsp3) is 0.357. The second-order valence-electron chi connectivity index (χ2n) is 4.99. The highest BCUT2D eigenvalue weighted by Gasteiger charge is 2.40. The van der Waals surface area contributed by atoms with E-state index in [1.54, 1.807) is 0 Å². The van der Waals surface area contributed by atoms with Crippen LogP contribution in [-0.4, -0.2) is 34.0 Å². The van der Waals surface area contributed by atoms with Crippen LogP contribution >= 0.6 is 0 Å². The lowest BCUT2D eigenvalue weighted by Crippen LogP contribution is -2.27. The van der Waals surface area contributed by atoms with Crippen molar-refractivity contribution in [1.29, 1.82) is 0 Å². The molecule has 92 valence electrons. The van der Waals surface area contributed by atoms with Gasteiger partial charge in [-0.1, -0.05) is 24.3 Å². The highest BCUT2D eigenvalue weighted by Crippen LogP contribution is 2.44. The van der Waals surface area contributed by atoms with Gasteiger partial charge in [-0.15, -0.1) is 0 Å². The van der Waals surface area contributed by atoms with Crippen LogP contribution in [-0.2, 0) is 4.74 Å². The summed E-state index contributed by atoms with van der Waals surface area (Å²) >= 11 is 0. The van der Waals surface area contributed by atoms with E-state index in [4.69, 9.17) is 4.74 Å². The van der Waals surface area contributed by atoms with E-state index in [1.807, 2.05) is 24.7 Å². The average Bonchev–Trinajstić information content (AvgIpc) is 3.05. The number of ether oxygens (including phenoxy) is 1. The molecule has 1 aromatic heterocycles. The van der Waals surface area contributed by atoms with Crippen LogP contribution in [0.1, 0.15) is 11.6 Å².